The maximum atomic E-state index is 11.8. The first kappa shape index (κ1) is 13.7. The summed E-state index contributed by atoms with van der Waals surface area (Å²) in [4.78, 5) is 16.8. The third-order valence-corrected chi connectivity index (χ3v) is 4.20. The van der Waals surface area contributed by atoms with E-state index in [0.717, 1.165) is 16.3 Å². The van der Waals surface area contributed by atoms with E-state index >= 15 is 0 Å². The highest BCUT2D eigenvalue weighted by molar-refractivity contribution is 7.17. The minimum Gasteiger partial charge on any atom is -0.462 e. The predicted molar refractivity (Wildman–Crippen MR) is 77.7 cm³/mol. The minimum absolute atomic E-state index is 0.285. The maximum absolute atomic E-state index is 11.8. The SMILES string of the molecule is CCOC(=O)c1sc(-c2ccc(C)c(C)c2)nc1C. The molecule has 0 unspecified atom stereocenters. The van der Waals surface area contributed by atoms with Crippen LogP contribution in [-0.2, 0) is 4.74 Å². The number of rotatable bonds is 3. The van der Waals surface area contributed by atoms with Crippen molar-refractivity contribution in [2.75, 3.05) is 6.61 Å². The molecule has 1 heterocycles. The minimum atomic E-state index is -0.285. The van der Waals surface area contributed by atoms with E-state index < -0.39 is 0 Å². The Bertz CT molecular complexity index is 617. The molecule has 0 spiro atoms. The van der Waals surface area contributed by atoms with E-state index in [-0.39, 0.29) is 5.97 Å². The molecule has 3 nitrogen and oxygen atoms in total. The molecule has 19 heavy (non-hydrogen) atoms. The van der Waals surface area contributed by atoms with Gasteiger partial charge in [-0.3, -0.25) is 0 Å². The molecular formula is C15H17NO2S. The molecule has 0 N–H and O–H groups in total. The number of ether oxygens (including phenoxy) is 1. The molecule has 0 aliphatic heterocycles. The molecule has 0 radical (unpaired) electrons. The van der Waals surface area contributed by atoms with Crippen LogP contribution in [0.4, 0.5) is 0 Å². The number of thiazole rings is 1. The van der Waals surface area contributed by atoms with E-state index in [0.29, 0.717) is 11.5 Å². The van der Waals surface area contributed by atoms with Gasteiger partial charge in [0.05, 0.1) is 12.3 Å². The lowest BCUT2D eigenvalue weighted by Crippen LogP contribution is -2.03. The smallest absolute Gasteiger partial charge is 0.350 e. The van der Waals surface area contributed by atoms with Gasteiger partial charge in [-0.1, -0.05) is 12.1 Å². The number of hydrogen-bond acceptors (Lipinski definition) is 4. The number of carbonyl (C=O) groups is 1. The number of aryl methyl sites for hydroxylation is 3. The third kappa shape index (κ3) is 2.84. The van der Waals surface area contributed by atoms with Gasteiger partial charge in [-0.15, -0.1) is 11.3 Å². The van der Waals surface area contributed by atoms with Gasteiger partial charge in [0.15, 0.2) is 0 Å². The normalized spacial score (nSPS) is 10.5. The van der Waals surface area contributed by atoms with E-state index in [1.807, 2.05) is 13.0 Å². The summed E-state index contributed by atoms with van der Waals surface area (Å²) in [6.07, 6.45) is 0. The van der Waals surface area contributed by atoms with Crippen LogP contribution in [0, 0.1) is 20.8 Å². The summed E-state index contributed by atoms with van der Waals surface area (Å²) in [5.41, 5.74) is 4.26. The number of hydrogen-bond donors (Lipinski definition) is 0. The Morgan fingerprint density at radius 1 is 1.26 bits per heavy atom. The highest BCUT2D eigenvalue weighted by atomic mass is 32.1. The van der Waals surface area contributed by atoms with Crippen molar-refractivity contribution in [1.29, 1.82) is 0 Å². The largest absolute Gasteiger partial charge is 0.462 e. The summed E-state index contributed by atoms with van der Waals surface area (Å²) in [5, 5.41) is 0.864. The van der Waals surface area contributed by atoms with Gasteiger partial charge in [0.1, 0.15) is 9.88 Å². The highest BCUT2D eigenvalue weighted by Crippen LogP contribution is 2.29. The molecule has 1 aromatic carbocycles. The molecule has 2 rings (SSSR count). The van der Waals surface area contributed by atoms with Crippen molar-refractivity contribution in [1.82, 2.24) is 4.98 Å². The van der Waals surface area contributed by atoms with Crippen molar-refractivity contribution in [3.63, 3.8) is 0 Å². The first-order valence-corrected chi connectivity index (χ1v) is 7.06. The fraction of sp³-hybridized carbons (Fsp3) is 0.333. The molecule has 4 heteroatoms. The molecule has 2 aromatic rings. The molecule has 0 atom stereocenters. The average molecular weight is 275 g/mol. The molecule has 0 saturated carbocycles. The Balaban J connectivity index is 2.38. The monoisotopic (exact) mass is 275 g/mol. The summed E-state index contributed by atoms with van der Waals surface area (Å²) in [7, 11) is 0. The van der Waals surface area contributed by atoms with Gasteiger partial charge in [0, 0.05) is 5.56 Å². The number of benzene rings is 1. The fourth-order valence-electron chi connectivity index (χ4n) is 1.78. The Kier molecular flexibility index (Phi) is 4.00. The van der Waals surface area contributed by atoms with Gasteiger partial charge in [-0.25, -0.2) is 9.78 Å². The summed E-state index contributed by atoms with van der Waals surface area (Å²) >= 11 is 1.39. The second kappa shape index (κ2) is 5.53. The molecule has 1 aromatic heterocycles. The first-order valence-electron chi connectivity index (χ1n) is 6.25. The second-order valence-corrected chi connectivity index (χ2v) is 5.45. The zero-order valence-electron chi connectivity index (χ0n) is 11.6. The lowest BCUT2D eigenvalue weighted by atomic mass is 10.1. The predicted octanol–water partition coefficient (Wildman–Crippen LogP) is 3.91. The van der Waals surface area contributed by atoms with Crippen LogP contribution in [0.1, 0.15) is 33.4 Å². The molecule has 0 bridgehead atoms. The molecule has 0 saturated heterocycles. The molecular weight excluding hydrogens is 258 g/mol. The van der Waals surface area contributed by atoms with Crippen molar-refractivity contribution >= 4 is 17.3 Å². The van der Waals surface area contributed by atoms with Crippen molar-refractivity contribution in [2.24, 2.45) is 0 Å². The van der Waals surface area contributed by atoms with Crippen molar-refractivity contribution in [3.8, 4) is 10.6 Å². The van der Waals surface area contributed by atoms with E-state index in [9.17, 15) is 4.79 Å². The van der Waals surface area contributed by atoms with Crippen LogP contribution >= 0.6 is 11.3 Å². The zero-order valence-corrected chi connectivity index (χ0v) is 12.4. The number of nitrogens with zero attached hydrogens (tertiary/aromatic N) is 1. The Morgan fingerprint density at radius 2 is 2.00 bits per heavy atom. The Hall–Kier alpha value is -1.68. The van der Waals surface area contributed by atoms with Crippen LogP contribution in [0.3, 0.4) is 0 Å². The van der Waals surface area contributed by atoms with Crippen molar-refractivity contribution < 1.29 is 9.53 Å². The van der Waals surface area contributed by atoms with Crippen LogP contribution in [0.2, 0.25) is 0 Å². The Labute approximate surface area is 117 Å². The maximum Gasteiger partial charge on any atom is 0.350 e. The summed E-state index contributed by atoms with van der Waals surface area (Å²) in [6.45, 7) is 8.18. The van der Waals surface area contributed by atoms with Crippen molar-refractivity contribution in [2.45, 2.75) is 27.7 Å². The van der Waals surface area contributed by atoms with Gasteiger partial charge in [0.2, 0.25) is 0 Å². The van der Waals surface area contributed by atoms with Crippen LogP contribution < -0.4 is 0 Å². The number of aromatic nitrogens is 1. The quantitative estimate of drug-likeness (QED) is 0.797. The molecule has 0 aliphatic rings. The van der Waals surface area contributed by atoms with Gasteiger partial charge in [-0.05, 0) is 44.9 Å². The summed E-state index contributed by atoms with van der Waals surface area (Å²) < 4.78 is 5.03. The van der Waals surface area contributed by atoms with Gasteiger partial charge in [-0.2, -0.15) is 0 Å². The van der Waals surface area contributed by atoms with E-state index in [1.165, 1.54) is 22.5 Å². The highest BCUT2D eigenvalue weighted by Gasteiger charge is 2.17. The molecule has 100 valence electrons. The summed E-state index contributed by atoms with van der Waals surface area (Å²) in [5.74, 6) is -0.285. The second-order valence-electron chi connectivity index (χ2n) is 4.45. The van der Waals surface area contributed by atoms with E-state index in [4.69, 9.17) is 4.74 Å². The molecule has 0 aliphatic carbocycles. The van der Waals surface area contributed by atoms with Crippen LogP contribution in [0.25, 0.3) is 10.6 Å². The van der Waals surface area contributed by atoms with Gasteiger partial charge in [0.25, 0.3) is 0 Å². The topological polar surface area (TPSA) is 39.2 Å². The lowest BCUT2D eigenvalue weighted by molar-refractivity contribution is 0.0531. The number of esters is 1. The standard InChI is InChI=1S/C15H17NO2S/c1-5-18-15(17)13-11(4)16-14(19-13)12-7-6-9(2)10(3)8-12/h6-8H,5H2,1-4H3. The zero-order chi connectivity index (χ0) is 14.0. The van der Waals surface area contributed by atoms with Gasteiger partial charge < -0.3 is 4.74 Å². The third-order valence-electron chi connectivity index (χ3n) is 3.01. The first-order chi connectivity index (χ1) is 9.02. The van der Waals surface area contributed by atoms with Crippen molar-refractivity contribution in [3.05, 3.63) is 39.9 Å². The van der Waals surface area contributed by atoms with Crippen LogP contribution in [0.15, 0.2) is 18.2 Å². The fourth-order valence-corrected chi connectivity index (χ4v) is 2.74. The van der Waals surface area contributed by atoms with Crippen LogP contribution in [-0.4, -0.2) is 17.6 Å². The van der Waals surface area contributed by atoms with E-state index in [1.54, 1.807) is 6.92 Å². The lowest BCUT2D eigenvalue weighted by Gasteiger charge is -2.01. The molecule has 0 amide bonds. The summed E-state index contributed by atoms with van der Waals surface area (Å²) in [6, 6.07) is 6.21. The van der Waals surface area contributed by atoms with Gasteiger partial charge >= 0.3 is 5.97 Å². The average Bonchev–Trinajstić information content (AvgIpc) is 2.75. The van der Waals surface area contributed by atoms with E-state index in [2.05, 4.69) is 31.0 Å². The Morgan fingerprint density at radius 3 is 2.63 bits per heavy atom. The number of carbonyl (C=O) groups excluding carboxylic acids is 1. The molecule has 0 fully saturated rings. The van der Waals surface area contributed by atoms with Crippen LogP contribution in [0.5, 0.6) is 0 Å².